The van der Waals surface area contributed by atoms with Gasteiger partial charge in [-0.1, -0.05) is 0 Å². The van der Waals surface area contributed by atoms with Crippen LogP contribution in [0.1, 0.15) is 49.4 Å². The van der Waals surface area contributed by atoms with Crippen molar-refractivity contribution in [2.75, 3.05) is 6.54 Å². The molecule has 0 spiro atoms. The number of carboxylic acid groups (broad SMARTS) is 1. The Labute approximate surface area is 125 Å². The molecule has 8 heteroatoms. The largest absolute Gasteiger partial charge is 0.480 e. The van der Waals surface area contributed by atoms with Gasteiger partial charge >= 0.3 is 5.97 Å². The quantitative estimate of drug-likeness (QED) is 0.899. The van der Waals surface area contributed by atoms with Gasteiger partial charge in [-0.2, -0.15) is 5.10 Å². The number of aromatic nitrogens is 2. The molecule has 3 rings (SSSR count). The maximum atomic E-state index is 12.8. The lowest BCUT2D eigenvalue weighted by atomic mass is 10.2. The molecule has 120 valence electrons. The van der Waals surface area contributed by atoms with Crippen LogP contribution in [0.15, 0.2) is 6.07 Å². The van der Waals surface area contributed by atoms with Gasteiger partial charge in [-0.05, 0) is 31.7 Å². The van der Waals surface area contributed by atoms with Crippen LogP contribution in [0.5, 0.6) is 0 Å². The Morgan fingerprint density at radius 2 is 2.09 bits per heavy atom. The minimum Gasteiger partial charge on any atom is -0.480 e. The van der Waals surface area contributed by atoms with E-state index in [9.17, 15) is 18.4 Å². The highest BCUT2D eigenvalue weighted by molar-refractivity contribution is 5.84. The molecule has 1 atom stereocenters. The number of likely N-dealkylation sites (tertiary alicyclic amines) is 1. The normalized spacial score (nSPS) is 21.6. The van der Waals surface area contributed by atoms with Crippen LogP contribution in [0.25, 0.3) is 0 Å². The summed E-state index contributed by atoms with van der Waals surface area (Å²) in [5, 5.41) is 12.9. The lowest BCUT2D eigenvalue weighted by Gasteiger charge is -2.21. The number of hydrogen-bond acceptors (Lipinski definition) is 3. The summed E-state index contributed by atoms with van der Waals surface area (Å²) in [5.41, 5.74) is 0.320. The second-order valence-corrected chi connectivity index (χ2v) is 5.81. The molecule has 2 fully saturated rings. The zero-order chi connectivity index (χ0) is 15.9. The minimum atomic E-state index is -2.67. The standard InChI is InChI=1S/C14H17F2N3O3/c15-13(16)9-6-11(8-3-4-8)19(17-9)7-12(20)18-5-1-2-10(18)14(21)22/h6,8,10,13H,1-5,7H2,(H,21,22). The molecule has 0 aromatic carbocycles. The number of halogens is 2. The first-order valence-electron chi connectivity index (χ1n) is 7.35. The van der Waals surface area contributed by atoms with E-state index in [0.29, 0.717) is 25.1 Å². The van der Waals surface area contributed by atoms with E-state index in [1.54, 1.807) is 0 Å². The minimum absolute atomic E-state index is 0.178. The highest BCUT2D eigenvalue weighted by Crippen LogP contribution is 2.41. The van der Waals surface area contributed by atoms with E-state index in [0.717, 1.165) is 12.8 Å². The lowest BCUT2D eigenvalue weighted by Crippen LogP contribution is -2.42. The van der Waals surface area contributed by atoms with Gasteiger partial charge in [0.1, 0.15) is 18.3 Å². The maximum absolute atomic E-state index is 12.8. The first-order chi connectivity index (χ1) is 10.5. The van der Waals surface area contributed by atoms with E-state index < -0.39 is 18.4 Å². The van der Waals surface area contributed by atoms with Crippen LogP contribution in [-0.4, -0.2) is 44.3 Å². The summed E-state index contributed by atoms with van der Waals surface area (Å²) >= 11 is 0. The van der Waals surface area contributed by atoms with Crippen molar-refractivity contribution < 1.29 is 23.5 Å². The lowest BCUT2D eigenvalue weighted by molar-refractivity contribution is -0.148. The molecule has 1 aromatic heterocycles. The molecule has 1 aliphatic carbocycles. The van der Waals surface area contributed by atoms with Crippen LogP contribution < -0.4 is 0 Å². The molecule has 1 unspecified atom stereocenters. The first kappa shape index (κ1) is 14.9. The number of aliphatic carboxylic acids is 1. The molecule has 0 radical (unpaired) electrons. The van der Waals surface area contributed by atoms with Crippen molar-refractivity contribution in [3.8, 4) is 0 Å². The van der Waals surface area contributed by atoms with E-state index in [-0.39, 0.29) is 24.1 Å². The number of amides is 1. The fraction of sp³-hybridized carbons (Fsp3) is 0.643. The molecule has 1 N–H and O–H groups in total. The molecule has 2 aliphatic rings. The van der Waals surface area contributed by atoms with Gasteiger partial charge in [0.2, 0.25) is 5.91 Å². The van der Waals surface area contributed by atoms with Crippen molar-refractivity contribution in [3.05, 3.63) is 17.5 Å². The van der Waals surface area contributed by atoms with Gasteiger partial charge in [0.05, 0.1) is 0 Å². The van der Waals surface area contributed by atoms with Crippen LogP contribution in [0.4, 0.5) is 8.78 Å². The van der Waals surface area contributed by atoms with Gasteiger partial charge in [0.25, 0.3) is 6.43 Å². The Balaban J connectivity index is 1.77. The maximum Gasteiger partial charge on any atom is 0.326 e. The summed E-state index contributed by atoms with van der Waals surface area (Å²) in [4.78, 5) is 24.8. The van der Waals surface area contributed by atoms with E-state index in [2.05, 4.69) is 5.10 Å². The first-order valence-corrected chi connectivity index (χ1v) is 7.35. The van der Waals surface area contributed by atoms with Gasteiger partial charge in [0, 0.05) is 18.2 Å². The Kier molecular flexibility index (Phi) is 3.84. The second kappa shape index (κ2) is 5.66. The third kappa shape index (κ3) is 2.82. The van der Waals surface area contributed by atoms with Crippen molar-refractivity contribution >= 4 is 11.9 Å². The molecular formula is C14H17F2N3O3. The van der Waals surface area contributed by atoms with Crippen LogP contribution in [0.3, 0.4) is 0 Å². The SMILES string of the molecule is O=C(O)C1CCCN1C(=O)Cn1nc(C(F)F)cc1C1CC1. The number of carboxylic acids is 1. The Morgan fingerprint density at radius 1 is 1.36 bits per heavy atom. The number of carbonyl (C=O) groups is 2. The topological polar surface area (TPSA) is 75.4 Å². The van der Waals surface area contributed by atoms with Crippen molar-refractivity contribution in [1.82, 2.24) is 14.7 Å². The number of rotatable bonds is 5. The molecule has 6 nitrogen and oxygen atoms in total. The van der Waals surface area contributed by atoms with Crippen LogP contribution in [0, 0.1) is 0 Å². The molecule has 1 amide bonds. The van der Waals surface area contributed by atoms with Crippen molar-refractivity contribution in [2.24, 2.45) is 0 Å². The van der Waals surface area contributed by atoms with E-state index >= 15 is 0 Å². The summed E-state index contributed by atoms with van der Waals surface area (Å²) in [6, 6.07) is 0.538. The monoisotopic (exact) mass is 313 g/mol. The van der Waals surface area contributed by atoms with E-state index in [1.807, 2.05) is 0 Å². The van der Waals surface area contributed by atoms with Gasteiger partial charge in [-0.15, -0.1) is 0 Å². The zero-order valence-electron chi connectivity index (χ0n) is 11.9. The summed E-state index contributed by atoms with van der Waals surface area (Å²) in [5.74, 6) is -1.22. The fourth-order valence-electron chi connectivity index (χ4n) is 2.93. The molecule has 1 saturated carbocycles. The van der Waals surface area contributed by atoms with Crippen molar-refractivity contribution in [2.45, 2.75) is 50.6 Å². The van der Waals surface area contributed by atoms with Gasteiger partial charge in [0.15, 0.2) is 0 Å². The van der Waals surface area contributed by atoms with E-state index in [4.69, 9.17) is 5.11 Å². The summed E-state index contributed by atoms with van der Waals surface area (Å²) < 4.78 is 26.9. The van der Waals surface area contributed by atoms with Gasteiger partial charge < -0.3 is 10.0 Å². The molecule has 1 aliphatic heterocycles. The third-order valence-corrected chi connectivity index (χ3v) is 4.19. The number of alkyl halides is 2. The Morgan fingerprint density at radius 3 is 2.68 bits per heavy atom. The van der Waals surface area contributed by atoms with Crippen molar-refractivity contribution in [3.63, 3.8) is 0 Å². The molecule has 22 heavy (non-hydrogen) atoms. The number of nitrogens with zero attached hydrogens (tertiary/aromatic N) is 3. The molecule has 0 bridgehead atoms. The van der Waals surface area contributed by atoms with E-state index in [1.165, 1.54) is 15.6 Å². The predicted octanol–water partition coefficient (Wildman–Crippen LogP) is 1.77. The smallest absolute Gasteiger partial charge is 0.326 e. The Bertz CT molecular complexity index is 598. The fourth-order valence-corrected chi connectivity index (χ4v) is 2.93. The number of hydrogen-bond donors (Lipinski definition) is 1. The average molecular weight is 313 g/mol. The number of carbonyl (C=O) groups excluding carboxylic acids is 1. The predicted molar refractivity (Wildman–Crippen MR) is 71.5 cm³/mol. The zero-order valence-corrected chi connectivity index (χ0v) is 11.9. The molecule has 1 aromatic rings. The van der Waals surface area contributed by atoms with Crippen LogP contribution in [-0.2, 0) is 16.1 Å². The summed E-state index contributed by atoms with van der Waals surface area (Å²) in [6.45, 7) is 0.208. The third-order valence-electron chi connectivity index (χ3n) is 4.19. The average Bonchev–Trinajstić information content (AvgIpc) is 3.02. The molecule has 2 heterocycles. The molecular weight excluding hydrogens is 296 g/mol. The molecule has 1 saturated heterocycles. The highest BCUT2D eigenvalue weighted by Gasteiger charge is 2.35. The highest BCUT2D eigenvalue weighted by atomic mass is 19.3. The second-order valence-electron chi connectivity index (χ2n) is 5.81. The van der Waals surface area contributed by atoms with Crippen LogP contribution >= 0.6 is 0 Å². The van der Waals surface area contributed by atoms with Crippen molar-refractivity contribution in [1.29, 1.82) is 0 Å². The van der Waals surface area contributed by atoms with Crippen LogP contribution in [0.2, 0.25) is 0 Å². The summed E-state index contributed by atoms with van der Waals surface area (Å²) in [7, 11) is 0. The summed E-state index contributed by atoms with van der Waals surface area (Å²) in [6.07, 6.45) is 0.207. The Hall–Kier alpha value is -1.99. The van der Waals surface area contributed by atoms with Gasteiger partial charge in [-0.25, -0.2) is 13.6 Å². The van der Waals surface area contributed by atoms with Gasteiger partial charge in [-0.3, -0.25) is 9.48 Å².